The molecular weight excluding hydrogens is 260 g/mol. The molecule has 19 heavy (non-hydrogen) atoms. The van der Waals surface area contributed by atoms with Crippen LogP contribution in [0, 0.1) is 0 Å². The van der Waals surface area contributed by atoms with E-state index in [0.29, 0.717) is 11.4 Å². The summed E-state index contributed by atoms with van der Waals surface area (Å²) in [5, 5.41) is 0. The lowest BCUT2D eigenvalue weighted by Gasteiger charge is -2.38. The van der Waals surface area contributed by atoms with E-state index in [2.05, 4.69) is 16.4 Å². The lowest BCUT2D eigenvalue weighted by molar-refractivity contribution is 0.138. The van der Waals surface area contributed by atoms with Crippen LogP contribution in [0.1, 0.15) is 0 Å². The summed E-state index contributed by atoms with van der Waals surface area (Å²) in [7, 11) is 0.492. The fourth-order valence-electron chi connectivity index (χ4n) is 2.29. The molecule has 2 rings (SSSR count). The van der Waals surface area contributed by atoms with Crippen LogP contribution in [0.4, 0.5) is 0 Å². The number of hydrogen-bond acceptors (Lipinski definition) is 4. The molecule has 1 fully saturated rings. The normalized spacial score (nSPS) is 22.3. The molecule has 0 saturated carbocycles. The molecule has 1 aliphatic heterocycles. The van der Waals surface area contributed by atoms with Crippen molar-refractivity contribution in [2.45, 2.75) is 10.9 Å². The summed E-state index contributed by atoms with van der Waals surface area (Å²) in [6.07, 6.45) is 0. The Kier molecular flexibility index (Phi) is 4.08. The second-order valence-corrected chi connectivity index (χ2v) is 7.04. The van der Waals surface area contributed by atoms with Crippen LogP contribution in [0.25, 0.3) is 0 Å². The zero-order chi connectivity index (χ0) is 14.0. The van der Waals surface area contributed by atoms with Gasteiger partial charge in [0.05, 0.1) is 15.8 Å². The maximum atomic E-state index is 12.5. The molecule has 0 N–H and O–H groups in total. The number of benzene rings is 1. The largest absolute Gasteiger partial charge is 0.303 e. The van der Waals surface area contributed by atoms with Gasteiger partial charge in [-0.05, 0) is 26.2 Å². The molecule has 5 heteroatoms. The second-order valence-electron chi connectivity index (χ2n) is 5.04. The summed E-state index contributed by atoms with van der Waals surface area (Å²) < 4.78 is 25.1. The first-order chi connectivity index (χ1) is 8.93. The highest BCUT2D eigenvalue weighted by Crippen LogP contribution is 2.24. The number of nitrogens with zero attached hydrogens (tertiary/aromatic N) is 2. The van der Waals surface area contributed by atoms with E-state index in [4.69, 9.17) is 0 Å². The molecule has 0 radical (unpaired) electrons. The number of rotatable bonds is 3. The van der Waals surface area contributed by atoms with Crippen molar-refractivity contribution in [1.29, 1.82) is 0 Å². The summed E-state index contributed by atoms with van der Waals surface area (Å²) in [5.74, 6) is 0. The van der Waals surface area contributed by atoms with Crippen LogP contribution in [0.5, 0.6) is 0 Å². The Bertz CT molecular complexity index is 554. The predicted molar refractivity (Wildman–Crippen MR) is 76.7 cm³/mol. The van der Waals surface area contributed by atoms with Crippen molar-refractivity contribution >= 4 is 9.84 Å². The van der Waals surface area contributed by atoms with Gasteiger partial charge in [-0.15, -0.1) is 0 Å². The van der Waals surface area contributed by atoms with E-state index < -0.39 is 9.84 Å². The van der Waals surface area contributed by atoms with Gasteiger partial charge in [-0.25, -0.2) is 8.42 Å². The fraction of sp³-hybridized carbons (Fsp3) is 0.429. The monoisotopic (exact) mass is 280 g/mol. The Morgan fingerprint density at radius 1 is 1.21 bits per heavy atom. The standard InChI is InChI=1S/C14H20N2O2S/c1-12(14-11-15(2)9-10-16(14)3)19(17,18)13-7-5-4-6-8-13/h4-8,14H,1,9-11H2,2-3H3. The van der Waals surface area contributed by atoms with Gasteiger partial charge < -0.3 is 4.90 Å². The molecule has 1 aromatic carbocycles. The highest BCUT2D eigenvalue weighted by atomic mass is 32.2. The van der Waals surface area contributed by atoms with Crippen molar-refractivity contribution in [2.75, 3.05) is 33.7 Å². The zero-order valence-electron chi connectivity index (χ0n) is 11.4. The van der Waals surface area contributed by atoms with E-state index in [1.54, 1.807) is 24.3 Å². The van der Waals surface area contributed by atoms with Crippen LogP contribution in [0.15, 0.2) is 46.7 Å². The van der Waals surface area contributed by atoms with Gasteiger partial charge in [0.25, 0.3) is 0 Å². The second kappa shape index (κ2) is 5.45. The number of piperazine rings is 1. The average Bonchev–Trinajstić information content (AvgIpc) is 2.41. The molecule has 1 atom stereocenters. The molecule has 0 spiro atoms. The van der Waals surface area contributed by atoms with Crippen LogP contribution in [0.3, 0.4) is 0 Å². The average molecular weight is 280 g/mol. The Labute approximate surface area is 115 Å². The molecular formula is C14H20N2O2S. The molecule has 4 nitrogen and oxygen atoms in total. The quantitative estimate of drug-likeness (QED) is 0.835. The van der Waals surface area contributed by atoms with Crippen LogP contribution in [-0.4, -0.2) is 58.0 Å². The Balaban J connectivity index is 2.28. The van der Waals surface area contributed by atoms with Crippen LogP contribution in [-0.2, 0) is 9.84 Å². The van der Waals surface area contributed by atoms with E-state index in [1.807, 2.05) is 20.2 Å². The van der Waals surface area contributed by atoms with Crippen molar-refractivity contribution in [3.05, 3.63) is 41.8 Å². The van der Waals surface area contributed by atoms with Crippen LogP contribution in [0.2, 0.25) is 0 Å². The first-order valence-corrected chi connectivity index (χ1v) is 7.79. The maximum Gasteiger partial charge on any atom is 0.203 e. The van der Waals surface area contributed by atoms with Crippen molar-refractivity contribution in [3.8, 4) is 0 Å². The van der Waals surface area contributed by atoms with Gasteiger partial charge in [-0.3, -0.25) is 4.90 Å². The Hall–Kier alpha value is -1.17. The summed E-state index contributed by atoms with van der Waals surface area (Å²) >= 11 is 0. The summed E-state index contributed by atoms with van der Waals surface area (Å²) in [4.78, 5) is 4.80. The van der Waals surface area contributed by atoms with Gasteiger partial charge in [0, 0.05) is 19.6 Å². The van der Waals surface area contributed by atoms with E-state index >= 15 is 0 Å². The molecule has 1 aromatic rings. The van der Waals surface area contributed by atoms with Gasteiger partial charge in [-0.2, -0.15) is 0 Å². The molecule has 0 aromatic heterocycles. The van der Waals surface area contributed by atoms with Gasteiger partial charge in [0.1, 0.15) is 0 Å². The van der Waals surface area contributed by atoms with Gasteiger partial charge in [-0.1, -0.05) is 24.8 Å². The molecule has 0 aliphatic carbocycles. The van der Waals surface area contributed by atoms with E-state index in [1.165, 1.54) is 0 Å². The third kappa shape index (κ3) is 2.88. The number of sulfone groups is 1. The lowest BCUT2D eigenvalue weighted by atomic mass is 10.2. The SMILES string of the molecule is C=C(C1CN(C)CCN1C)S(=O)(=O)c1ccccc1. The van der Waals surface area contributed by atoms with E-state index in [0.717, 1.165) is 13.1 Å². The number of likely N-dealkylation sites (N-methyl/N-ethyl adjacent to an activating group) is 2. The zero-order valence-corrected chi connectivity index (χ0v) is 12.2. The van der Waals surface area contributed by atoms with E-state index in [-0.39, 0.29) is 10.9 Å². The summed E-state index contributed by atoms with van der Waals surface area (Å²) in [5.41, 5.74) is 0. The Morgan fingerprint density at radius 3 is 2.47 bits per heavy atom. The third-order valence-corrected chi connectivity index (χ3v) is 5.48. The first kappa shape index (κ1) is 14.2. The van der Waals surface area contributed by atoms with Crippen LogP contribution < -0.4 is 0 Å². The topological polar surface area (TPSA) is 40.6 Å². The minimum Gasteiger partial charge on any atom is -0.303 e. The van der Waals surface area contributed by atoms with Crippen molar-refractivity contribution in [1.82, 2.24) is 9.80 Å². The van der Waals surface area contributed by atoms with Gasteiger partial charge in [0.2, 0.25) is 9.84 Å². The molecule has 104 valence electrons. The first-order valence-electron chi connectivity index (χ1n) is 6.30. The fourth-order valence-corrected chi connectivity index (χ4v) is 3.72. The van der Waals surface area contributed by atoms with Crippen molar-refractivity contribution in [3.63, 3.8) is 0 Å². The minimum atomic E-state index is -3.46. The molecule has 1 unspecified atom stereocenters. The molecule has 1 saturated heterocycles. The van der Waals surface area contributed by atoms with Crippen molar-refractivity contribution < 1.29 is 8.42 Å². The Morgan fingerprint density at radius 2 is 1.84 bits per heavy atom. The lowest BCUT2D eigenvalue weighted by Crippen LogP contribution is -2.51. The minimum absolute atomic E-state index is 0.149. The molecule has 0 bridgehead atoms. The molecule has 1 heterocycles. The highest BCUT2D eigenvalue weighted by molar-refractivity contribution is 7.95. The molecule has 1 aliphatic rings. The van der Waals surface area contributed by atoms with Crippen LogP contribution >= 0.6 is 0 Å². The highest BCUT2D eigenvalue weighted by Gasteiger charge is 2.32. The third-order valence-electron chi connectivity index (χ3n) is 3.62. The number of hydrogen-bond donors (Lipinski definition) is 0. The predicted octanol–water partition coefficient (Wildman–Crippen LogP) is 1.22. The van der Waals surface area contributed by atoms with Gasteiger partial charge >= 0.3 is 0 Å². The molecule has 0 amide bonds. The van der Waals surface area contributed by atoms with E-state index in [9.17, 15) is 8.42 Å². The summed E-state index contributed by atoms with van der Waals surface area (Å²) in [6.45, 7) is 6.35. The van der Waals surface area contributed by atoms with Gasteiger partial charge in [0.15, 0.2) is 0 Å². The summed E-state index contributed by atoms with van der Waals surface area (Å²) in [6, 6.07) is 8.36. The maximum absolute atomic E-state index is 12.5. The smallest absolute Gasteiger partial charge is 0.203 e. The van der Waals surface area contributed by atoms with Crippen molar-refractivity contribution in [2.24, 2.45) is 0 Å².